The number of ether oxygens (including phenoxy) is 1. The Labute approximate surface area is 103 Å². The van der Waals surface area contributed by atoms with Crippen LogP contribution in [0.2, 0.25) is 0 Å². The molecule has 1 amide bonds. The highest BCUT2D eigenvalue weighted by Crippen LogP contribution is 2.20. The Balaban J connectivity index is 1.81. The average molecular weight is 246 g/mol. The number of carbonyl (C=O) groups is 1. The van der Waals surface area contributed by atoms with Gasteiger partial charge in [-0.3, -0.25) is 9.89 Å². The van der Waals surface area contributed by atoms with Crippen molar-refractivity contribution in [3.05, 3.63) is 24.4 Å². The Morgan fingerprint density at radius 2 is 2.44 bits per heavy atom. The van der Waals surface area contributed by atoms with E-state index in [0.29, 0.717) is 18.7 Å². The lowest BCUT2D eigenvalue weighted by molar-refractivity contribution is -0.121. The van der Waals surface area contributed by atoms with Gasteiger partial charge in [0, 0.05) is 17.7 Å². The summed E-state index contributed by atoms with van der Waals surface area (Å²) in [5.74, 6) is -0.206. The number of amides is 1. The van der Waals surface area contributed by atoms with Crippen LogP contribution in [0.5, 0.6) is 0 Å². The number of nitrogens with two attached hydrogens (primary N) is 1. The van der Waals surface area contributed by atoms with E-state index in [1.54, 1.807) is 6.20 Å². The zero-order valence-corrected chi connectivity index (χ0v) is 9.77. The van der Waals surface area contributed by atoms with Gasteiger partial charge in [-0.05, 0) is 24.6 Å². The molecule has 1 aromatic carbocycles. The molecule has 6 heteroatoms. The van der Waals surface area contributed by atoms with Gasteiger partial charge in [0.2, 0.25) is 5.91 Å². The summed E-state index contributed by atoms with van der Waals surface area (Å²) in [5, 5.41) is 10.6. The number of anilines is 1. The standard InChI is InChI=1S/C12H14N4O2/c13-12(3-4-18-7-12)11(17)15-9-1-2-10-8(5-9)6-14-16-10/h1-2,5-6H,3-4,7,13H2,(H,14,16)(H,15,17). The van der Waals surface area contributed by atoms with Gasteiger partial charge in [-0.2, -0.15) is 5.10 Å². The van der Waals surface area contributed by atoms with Gasteiger partial charge in [-0.1, -0.05) is 0 Å². The molecule has 3 rings (SSSR count). The first-order chi connectivity index (χ1) is 8.67. The molecule has 94 valence electrons. The fraction of sp³-hybridized carbons (Fsp3) is 0.333. The van der Waals surface area contributed by atoms with E-state index in [2.05, 4.69) is 15.5 Å². The van der Waals surface area contributed by atoms with Crippen molar-refractivity contribution in [3.63, 3.8) is 0 Å². The first-order valence-corrected chi connectivity index (χ1v) is 5.79. The van der Waals surface area contributed by atoms with Crippen LogP contribution in [0.4, 0.5) is 5.69 Å². The van der Waals surface area contributed by atoms with Crippen molar-refractivity contribution in [3.8, 4) is 0 Å². The maximum absolute atomic E-state index is 12.1. The van der Waals surface area contributed by atoms with Gasteiger partial charge < -0.3 is 15.8 Å². The van der Waals surface area contributed by atoms with Crippen molar-refractivity contribution in [1.82, 2.24) is 10.2 Å². The van der Waals surface area contributed by atoms with E-state index in [0.717, 1.165) is 10.9 Å². The molecule has 1 aromatic heterocycles. The van der Waals surface area contributed by atoms with Gasteiger partial charge in [0.1, 0.15) is 5.54 Å². The number of nitrogens with one attached hydrogen (secondary N) is 2. The molecule has 0 aliphatic carbocycles. The van der Waals surface area contributed by atoms with Crippen LogP contribution in [0.15, 0.2) is 24.4 Å². The van der Waals surface area contributed by atoms with Crippen LogP contribution in [0.1, 0.15) is 6.42 Å². The third kappa shape index (κ3) is 1.85. The number of H-pyrrole nitrogens is 1. The number of benzene rings is 1. The lowest BCUT2D eigenvalue weighted by atomic mass is 9.99. The van der Waals surface area contributed by atoms with Gasteiger partial charge in [0.15, 0.2) is 0 Å². The number of fused-ring (bicyclic) bond motifs is 1. The molecule has 1 aliphatic heterocycles. The van der Waals surface area contributed by atoms with E-state index >= 15 is 0 Å². The molecular weight excluding hydrogens is 232 g/mol. The van der Waals surface area contributed by atoms with E-state index in [1.165, 1.54) is 0 Å². The van der Waals surface area contributed by atoms with Crippen molar-refractivity contribution < 1.29 is 9.53 Å². The van der Waals surface area contributed by atoms with E-state index in [1.807, 2.05) is 18.2 Å². The van der Waals surface area contributed by atoms with Crippen molar-refractivity contribution in [1.29, 1.82) is 0 Å². The zero-order valence-electron chi connectivity index (χ0n) is 9.77. The average Bonchev–Trinajstić information content (AvgIpc) is 2.98. The van der Waals surface area contributed by atoms with Gasteiger partial charge in [0.05, 0.1) is 18.3 Å². The van der Waals surface area contributed by atoms with Crippen LogP contribution >= 0.6 is 0 Å². The normalized spacial score (nSPS) is 23.4. The van der Waals surface area contributed by atoms with Gasteiger partial charge in [0.25, 0.3) is 0 Å². The van der Waals surface area contributed by atoms with Gasteiger partial charge in [-0.25, -0.2) is 0 Å². The van der Waals surface area contributed by atoms with Crippen LogP contribution in [-0.2, 0) is 9.53 Å². The minimum Gasteiger partial charge on any atom is -0.379 e. The molecule has 4 N–H and O–H groups in total. The maximum atomic E-state index is 12.1. The first kappa shape index (κ1) is 11.2. The Hall–Kier alpha value is -1.92. The van der Waals surface area contributed by atoms with Crippen LogP contribution in [0.25, 0.3) is 10.9 Å². The molecule has 0 radical (unpaired) electrons. The van der Waals surface area contributed by atoms with Gasteiger partial charge >= 0.3 is 0 Å². The Morgan fingerprint density at radius 1 is 1.56 bits per heavy atom. The van der Waals surface area contributed by atoms with Crippen molar-refractivity contribution in [2.45, 2.75) is 12.0 Å². The predicted octanol–water partition coefficient (Wildman–Crippen LogP) is 0.619. The van der Waals surface area contributed by atoms with Crippen molar-refractivity contribution in [2.24, 2.45) is 5.73 Å². The molecule has 18 heavy (non-hydrogen) atoms. The van der Waals surface area contributed by atoms with Gasteiger partial charge in [-0.15, -0.1) is 0 Å². The fourth-order valence-corrected chi connectivity index (χ4v) is 2.04. The van der Waals surface area contributed by atoms with Crippen LogP contribution in [0.3, 0.4) is 0 Å². The summed E-state index contributed by atoms with van der Waals surface area (Å²) in [5.41, 5.74) is 6.72. The molecule has 1 fully saturated rings. The summed E-state index contributed by atoms with van der Waals surface area (Å²) in [4.78, 5) is 12.1. The molecule has 1 atom stereocenters. The van der Waals surface area contributed by atoms with Crippen molar-refractivity contribution in [2.75, 3.05) is 18.5 Å². The second kappa shape index (κ2) is 4.08. The first-order valence-electron chi connectivity index (χ1n) is 5.79. The second-order valence-corrected chi connectivity index (χ2v) is 4.58. The lowest BCUT2D eigenvalue weighted by Crippen LogP contribution is -2.51. The maximum Gasteiger partial charge on any atom is 0.246 e. The van der Waals surface area contributed by atoms with Crippen molar-refractivity contribution >= 4 is 22.5 Å². The van der Waals surface area contributed by atoms with Crippen LogP contribution in [0, 0.1) is 0 Å². The number of nitrogens with zero attached hydrogens (tertiary/aromatic N) is 1. The molecule has 0 bridgehead atoms. The van der Waals surface area contributed by atoms with E-state index in [-0.39, 0.29) is 12.5 Å². The quantitative estimate of drug-likeness (QED) is 0.724. The number of aromatic nitrogens is 2. The largest absolute Gasteiger partial charge is 0.379 e. The molecule has 1 saturated heterocycles. The molecule has 0 saturated carbocycles. The molecule has 6 nitrogen and oxygen atoms in total. The Bertz CT molecular complexity index is 587. The summed E-state index contributed by atoms with van der Waals surface area (Å²) in [6.07, 6.45) is 2.26. The molecule has 0 spiro atoms. The number of hydrogen-bond donors (Lipinski definition) is 3. The smallest absolute Gasteiger partial charge is 0.246 e. The van der Waals surface area contributed by atoms with E-state index in [9.17, 15) is 4.79 Å². The highest BCUT2D eigenvalue weighted by molar-refractivity contribution is 5.99. The fourth-order valence-electron chi connectivity index (χ4n) is 2.04. The highest BCUT2D eigenvalue weighted by atomic mass is 16.5. The van der Waals surface area contributed by atoms with E-state index < -0.39 is 5.54 Å². The number of rotatable bonds is 2. The number of carbonyl (C=O) groups excluding carboxylic acids is 1. The SMILES string of the molecule is NC1(C(=O)Nc2ccc3[nH]ncc3c2)CCOC1. The summed E-state index contributed by atoms with van der Waals surface area (Å²) in [6.45, 7) is 0.803. The van der Waals surface area contributed by atoms with E-state index in [4.69, 9.17) is 10.5 Å². The summed E-state index contributed by atoms with van der Waals surface area (Å²) < 4.78 is 5.18. The Morgan fingerprint density at radius 3 is 3.22 bits per heavy atom. The molecule has 1 aliphatic rings. The Kier molecular flexibility index (Phi) is 2.53. The second-order valence-electron chi connectivity index (χ2n) is 4.58. The third-order valence-electron chi connectivity index (χ3n) is 3.20. The molecule has 2 heterocycles. The predicted molar refractivity (Wildman–Crippen MR) is 67.1 cm³/mol. The van der Waals surface area contributed by atoms with Crippen LogP contribution < -0.4 is 11.1 Å². The lowest BCUT2D eigenvalue weighted by Gasteiger charge is -2.20. The number of aromatic amines is 1. The monoisotopic (exact) mass is 246 g/mol. The minimum absolute atomic E-state index is 0.206. The number of hydrogen-bond acceptors (Lipinski definition) is 4. The topological polar surface area (TPSA) is 93.0 Å². The summed E-state index contributed by atoms with van der Waals surface area (Å²) >= 11 is 0. The molecule has 1 unspecified atom stereocenters. The zero-order chi connectivity index (χ0) is 12.6. The molecular formula is C12H14N4O2. The molecule has 2 aromatic rings. The van der Waals surface area contributed by atoms with Crippen LogP contribution in [-0.4, -0.2) is 34.9 Å². The minimum atomic E-state index is -0.911. The highest BCUT2D eigenvalue weighted by Gasteiger charge is 2.38. The third-order valence-corrected chi connectivity index (χ3v) is 3.20. The summed E-state index contributed by atoms with van der Waals surface area (Å²) in [7, 11) is 0. The summed E-state index contributed by atoms with van der Waals surface area (Å²) in [6, 6.07) is 5.54.